The lowest BCUT2D eigenvalue weighted by Crippen LogP contribution is -2.54. The van der Waals surface area contributed by atoms with Gasteiger partial charge in [0.05, 0.1) is 18.3 Å². The lowest BCUT2D eigenvalue weighted by atomic mass is 9.46. The van der Waals surface area contributed by atoms with Crippen LogP contribution in [0.2, 0.25) is 0 Å². The van der Waals surface area contributed by atoms with E-state index < -0.39 is 0 Å². The first kappa shape index (κ1) is 15.6. The van der Waals surface area contributed by atoms with E-state index >= 15 is 0 Å². The zero-order valence-electron chi connectivity index (χ0n) is 15.1. The standard InChI is InChI=1S/C21H30O3/c1-11(22)15-6-7-16-14-5-4-12-8-13(23)9-18-21(12,3)19(14)17(24-18)10-20(15,16)2/h8,13-19,23H,4-7,9-10H2,1-3H3/t13-,14-,15+,16-,17+,18-,19+,20+,21+/m0/s1. The maximum atomic E-state index is 12.3. The van der Waals surface area contributed by atoms with Crippen LogP contribution in [0.25, 0.3) is 0 Å². The van der Waals surface area contributed by atoms with Crippen molar-refractivity contribution in [1.82, 2.24) is 0 Å². The molecular formula is C21H30O3. The summed E-state index contributed by atoms with van der Waals surface area (Å²) in [6.45, 7) is 6.58. The van der Waals surface area contributed by atoms with Crippen LogP contribution in [-0.4, -0.2) is 29.2 Å². The van der Waals surface area contributed by atoms with Gasteiger partial charge in [0.1, 0.15) is 5.78 Å². The number of ketones is 1. The number of carbonyl (C=O) groups is 1. The molecule has 132 valence electrons. The number of fused-ring (bicyclic) bond motifs is 2. The van der Waals surface area contributed by atoms with Crippen LogP contribution in [-0.2, 0) is 9.53 Å². The number of Topliss-reactive ketones (excluding diaryl/α,β-unsaturated/α-hetero) is 1. The van der Waals surface area contributed by atoms with Crippen molar-refractivity contribution < 1.29 is 14.6 Å². The summed E-state index contributed by atoms with van der Waals surface area (Å²) in [6, 6.07) is 0. The van der Waals surface area contributed by atoms with Crippen molar-refractivity contribution in [2.24, 2.45) is 34.5 Å². The number of aliphatic hydroxyl groups is 1. The van der Waals surface area contributed by atoms with Gasteiger partial charge in [-0.15, -0.1) is 0 Å². The summed E-state index contributed by atoms with van der Waals surface area (Å²) in [6.07, 6.45) is 8.66. The quantitative estimate of drug-likeness (QED) is 0.749. The molecule has 1 heterocycles. The smallest absolute Gasteiger partial charge is 0.133 e. The molecule has 3 heteroatoms. The summed E-state index contributed by atoms with van der Waals surface area (Å²) >= 11 is 0. The van der Waals surface area contributed by atoms with Gasteiger partial charge in [0.25, 0.3) is 0 Å². The highest BCUT2D eigenvalue weighted by molar-refractivity contribution is 5.79. The number of rotatable bonds is 1. The third-order valence-electron chi connectivity index (χ3n) is 8.91. The van der Waals surface area contributed by atoms with Gasteiger partial charge in [0.15, 0.2) is 0 Å². The Morgan fingerprint density at radius 2 is 2.08 bits per heavy atom. The van der Waals surface area contributed by atoms with E-state index in [9.17, 15) is 9.90 Å². The zero-order valence-corrected chi connectivity index (χ0v) is 15.1. The lowest BCUT2D eigenvalue weighted by molar-refractivity contribution is -0.130. The lowest BCUT2D eigenvalue weighted by Gasteiger charge is -2.56. The maximum absolute atomic E-state index is 12.3. The summed E-state index contributed by atoms with van der Waals surface area (Å²) in [7, 11) is 0. The number of hydrogen-bond acceptors (Lipinski definition) is 3. The van der Waals surface area contributed by atoms with Crippen LogP contribution in [0.15, 0.2) is 11.6 Å². The largest absolute Gasteiger partial charge is 0.389 e. The molecule has 0 aromatic rings. The third-order valence-corrected chi connectivity index (χ3v) is 8.91. The molecule has 4 fully saturated rings. The highest BCUT2D eigenvalue weighted by Crippen LogP contribution is 2.70. The summed E-state index contributed by atoms with van der Waals surface area (Å²) in [5, 5.41) is 10.2. The van der Waals surface area contributed by atoms with Crippen molar-refractivity contribution >= 4 is 5.78 Å². The predicted octanol–water partition coefficient (Wildman–Crippen LogP) is 3.50. The highest BCUT2D eigenvalue weighted by Gasteiger charge is 2.68. The van der Waals surface area contributed by atoms with E-state index in [1.807, 2.05) is 0 Å². The van der Waals surface area contributed by atoms with E-state index in [-0.39, 0.29) is 35.1 Å². The summed E-state index contributed by atoms with van der Waals surface area (Å²) in [5.74, 6) is 2.58. The highest BCUT2D eigenvalue weighted by atomic mass is 16.5. The minimum Gasteiger partial charge on any atom is -0.389 e. The minimum atomic E-state index is -0.338. The van der Waals surface area contributed by atoms with Crippen molar-refractivity contribution in [3.05, 3.63) is 11.6 Å². The Balaban J connectivity index is 1.58. The van der Waals surface area contributed by atoms with Gasteiger partial charge >= 0.3 is 0 Å². The predicted molar refractivity (Wildman–Crippen MR) is 91.3 cm³/mol. The molecule has 0 spiro atoms. The van der Waals surface area contributed by atoms with E-state index in [0.29, 0.717) is 23.5 Å². The molecule has 0 radical (unpaired) electrons. The van der Waals surface area contributed by atoms with Crippen molar-refractivity contribution in [2.75, 3.05) is 0 Å². The van der Waals surface area contributed by atoms with Crippen molar-refractivity contribution in [1.29, 1.82) is 0 Å². The molecular weight excluding hydrogens is 300 g/mol. The van der Waals surface area contributed by atoms with Gasteiger partial charge in [0.2, 0.25) is 0 Å². The van der Waals surface area contributed by atoms with Crippen LogP contribution in [0.5, 0.6) is 0 Å². The van der Waals surface area contributed by atoms with Gasteiger partial charge in [0, 0.05) is 17.8 Å². The molecule has 5 aliphatic rings. The summed E-state index contributed by atoms with van der Waals surface area (Å²) in [5.41, 5.74) is 1.71. The Hall–Kier alpha value is -0.670. The average molecular weight is 330 g/mol. The fraction of sp³-hybridized carbons (Fsp3) is 0.857. The number of aliphatic hydroxyl groups excluding tert-OH is 1. The first-order chi connectivity index (χ1) is 11.4. The van der Waals surface area contributed by atoms with Gasteiger partial charge in [-0.25, -0.2) is 0 Å². The van der Waals surface area contributed by atoms with E-state index in [1.165, 1.54) is 18.4 Å². The van der Waals surface area contributed by atoms with Crippen molar-refractivity contribution in [3.63, 3.8) is 0 Å². The Morgan fingerprint density at radius 3 is 2.83 bits per heavy atom. The van der Waals surface area contributed by atoms with Crippen molar-refractivity contribution in [2.45, 2.75) is 77.6 Å². The zero-order chi connectivity index (χ0) is 16.9. The van der Waals surface area contributed by atoms with Crippen LogP contribution < -0.4 is 0 Å². The molecule has 1 aliphatic heterocycles. The van der Waals surface area contributed by atoms with Crippen LogP contribution in [0, 0.1) is 34.5 Å². The molecule has 0 aromatic carbocycles. The average Bonchev–Trinajstić information content (AvgIpc) is 2.98. The van der Waals surface area contributed by atoms with Crippen LogP contribution in [0.1, 0.15) is 59.3 Å². The minimum absolute atomic E-state index is 0.126. The molecule has 5 rings (SSSR count). The normalized spacial score (nSPS) is 58.0. The molecule has 24 heavy (non-hydrogen) atoms. The van der Waals surface area contributed by atoms with Gasteiger partial charge < -0.3 is 9.84 Å². The molecule has 3 nitrogen and oxygen atoms in total. The molecule has 0 amide bonds. The third kappa shape index (κ3) is 1.69. The second-order valence-corrected chi connectivity index (χ2v) is 9.73. The van der Waals surface area contributed by atoms with E-state index in [1.54, 1.807) is 6.92 Å². The van der Waals surface area contributed by atoms with E-state index in [2.05, 4.69) is 19.9 Å². The van der Waals surface area contributed by atoms with E-state index in [4.69, 9.17) is 4.74 Å². The van der Waals surface area contributed by atoms with Crippen LogP contribution in [0.4, 0.5) is 0 Å². The monoisotopic (exact) mass is 330 g/mol. The Labute approximate surface area is 144 Å². The van der Waals surface area contributed by atoms with Crippen LogP contribution >= 0.6 is 0 Å². The topological polar surface area (TPSA) is 46.5 Å². The Bertz CT molecular complexity index is 625. The molecule has 1 N–H and O–H groups in total. The van der Waals surface area contributed by atoms with Gasteiger partial charge in [-0.3, -0.25) is 4.79 Å². The Morgan fingerprint density at radius 1 is 1.29 bits per heavy atom. The fourth-order valence-corrected chi connectivity index (χ4v) is 8.02. The molecule has 1 saturated heterocycles. The molecule has 4 aliphatic carbocycles. The number of hydrogen-bond donors (Lipinski definition) is 1. The first-order valence-electron chi connectivity index (χ1n) is 9.91. The van der Waals surface area contributed by atoms with Gasteiger partial charge in [-0.1, -0.05) is 25.5 Å². The summed E-state index contributed by atoms with van der Waals surface area (Å²) in [4.78, 5) is 12.3. The van der Waals surface area contributed by atoms with Gasteiger partial charge in [-0.05, 0) is 62.2 Å². The second kappa shape index (κ2) is 4.73. The summed E-state index contributed by atoms with van der Waals surface area (Å²) < 4.78 is 6.61. The molecule has 0 aromatic heterocycles. The Kier molecular flexibility index (Phi) is 3.07. The molecule has 9 atom stereocenters. The fourth-order valence-electron chi connectivity index (χ4n) is 8.02. The SMILES string of the molecule is CC(=O)[C@H]1CC[C@H]2[C@@H]3CCC4=C[C@H](O)C[C@@H]5O[C@H](C[C@]12C)[C@@H]3[C@]45C. The molecule has 0 bridgehead atoms. The van der Waals surface area contributed by atoms with Crippen molar-refractivity contribution in [3.8, 4) is 0 Å². The maximum Gasteiger partial charge on any atom is 0.133 e. The number of carbonyl (C=O) groups excluding carboxylic acids is 1. The molecule has 0 unspecified atom stereocenters. The van der Waals surface area contributed by atoms with E-state index in [0.717, 1.165) is 25.7 Å². The van der Waals surface area contributed by atoms with Crippen LogP contribution in [0.3, 0.4) is 0 Å². The number of ether oxygens (including phenoxy) is 1. The first-order valence-corrected chi connectivity index (χ1v) is 9.91. The second-order valence-electron chi connectivity index (χ2n) is 9.73. The van der Waals surface area contributed by atoms with Gasteiger partial charge in [-0.2, -0.15) is 0 Å². The molecule has 3 saturated carbocycles.